The molecular weight excluding hydrogens is 81.0 g/mol. The van der Waals surface area contributed by atoms with Crippen molar-refractivity contribution in [3.05, 3.63) is 0 Å². The first kappa shape index (κ1) is 4.29. The summed E-state index contributed by atoms with van der Waals surface area (Å²) in [5, 5.41) is 0. The maximum absolute atomic E-state index is 10.3. The van der Waals surface area contributed by atoms with Gasteiger partial charge in [0, 0.05) is 0 Å². The van der Waals surface area contributed by atoms with Crippen LogP contribution in [0.4, 0.5) is 8.78 Å². The molecule has 0 nitrogen and oxygen atoms in total. The molecule has 0 aromatic rings. The zero-order chi connectivity index (χ0) is 3.58. The highest BCUT2D eigenvalue weighted by Crippen LogP contribution is 1.98. The second-order valence-corrected chi connectivity index (χ2v) is 0.838. The lowest BCUT2D eigenvalue weighted by Gasteiger charge is -1.70. The number of hydrogen-bond acceptors (Lipinski definition) is 0. The average molecular weight is 84.0 g/mol. The minimum absolute atomic E-state index is 1.32. The van der Waals surface area contributed by atoms with Crippen LogP contribution in [-0.2, 0) is 0 Å². The predicted octanol–water partition coefficient (Wildman–Crippen LogP) is 1.08. The Balaban J connectivity index is 2.32. The molecule has 0 fully saturated rings. The van der Waals surface area contributed by atoms with Gasteiger partial charge in [-0.25, -0.2) is 8.78 Å². The van der Waals surface area contributed by atoms with Gasteiger partial charge in [0.05, 0.1) is 0 Å². The van der Waals surface area contributed by atoms with Gasteiger partial charge in [0.1, 0.15) is 0 Å². The van der Waals surface area contributed by atoms with E-state index in [1.807, 2.05) is 0 Å². The van der Waals surface area contributed by atoms with Gasteiger partial charge in [0.2, 0.25) is 6.17 Å². The molecule has 0 saturated heterocycles. The molecule has 0 aliphatic heterocycles. The van der Waals surface area contributed by atoms with E-state index in [2.05, 4.69) is 0 Å². The van der Waals surface area contributed by atoms with E-state index in [1.165, 1.54) is 9.24 Å². The van der Waals surface area contributed by atoms with Gasteiger partial charge in [-0.3, -0.25) is 0 Å². The van der Waals surface area contributed by atoms with E-state index < -0.39 is 6.17 Å². The summed E-state index contributed by atoms with van der Waals surface area (Å²) in [6, 6.07) is 0. The molecule has 0 aromatic heterocycles. The van der Waals surface area contributed by atoms with Crippen LogP contribution >= 0.6 is 9.24 Å². The summed E-state index contributed by atoms with van der Waals surface area (Å²) < 4.78 is 20.6. The molecule has 1 atom stereocenters. The third-order valence-electron chi connectivity index (χ3n) is 0. The molecular formula is CH3F2P. The van der Waals surface area contributed by atoms with Gasteiger partial charge in [0.15, 0.2) is 0 Å². The quantitative estimate of drug-likeness (QED) is 0.385. The van der Waals surface area contributed by atoms with Crippen molar-refractivity contribution < 1.29 is 8.78 Å². The summed E-state index contributed by atoms with van der Waals surface area (Å²) in [5.41, 5.74) is 0. The Labute approximate surface area is 25.4 Å². The zero-order valence-corrected chi connectivity index (χ0v) is 3.07. The van der Waals surface area contributed by atoms with Crippen LogP contribution in [0.2, 0.25) is 0 Å². The van der Waals surface area contributed by atoms with Gasteiger partial charge in [-0.15, -0.1) is 0 Å². The molecule has 0 rings (SSSR count). The molecule has 0 spiro atoms. The maximum Gasteiger partial charge on any atom is 0.249 e. The van der Waals surface area contributed by atoms with Gasteiger partial charge in [-0.1, -0.05) is 9.24 Å². The Morgan fingerprint density at radius 2 is 1.50 bits per heavy atom. The van der Waals surface area contributed by atoms with Crippen molar-refractivity contribution >= 4 is 9.24 Å². The molecule has 0 saturated carbocycles. The standard InChI is InChI=1S/CH3F2P/c2-1(3)4/h1H,4H2. The van der Waals surface area contributed by atoms with E-state index in [4.69, 9.17) is 0 Å². The van der Waals surface area contributed by atoms with E-state index in [9.17, 15) is 8.78 Å². The maximum atomic E-state index is 10.3. The highest BCUT2D eigenvalue weighted by molar-refractivity contribution is 7.16. The number of hydrogen-bond donors (Lipinski definition) is 0. The number of alkyl halides is 2. The van der Waals surface area contributed by atoms with Gasteiger partial charge < -0.3 is 0 Å². The third kappa shape index (κ3) is 45.3. The minimum Gasteiger partial charge on any atom is -0.206 e. The molecule has 26 valence electrons. The molecule has 0 N–H and O–H groups in total. The SMILES string of the molecule is FC(F)P. The van der Waals surface area contributed by atoms with E-state index in [-0.39, 0.29) is 0 Å². The van der Waals surface area contributed by atoms with Gasteiger partial charge >= 0.3 is 0 Å². The fourth-order valence-electron chi connectivity index (χ4n) is 0. The van der Waals surface area contributed by atoms with Crippen molar-refractivity contribution in [2.24, 2.45) is 0 Å². The zero-order valence-electron chi connectivity index (χ0n) is 1.91. The Bertz CT molecular complexity index is 10.8. The first-order chi connectivity index (χ1) is 1.73. The predicted molar refractivity (Wildman–Crippen MR) is 15.7 cm³/mol. The lowest BCUT2D eigenvalue weighted by molar-refractivity contribution is 0.251. The molecule has 0 aromatic carbocycles. The van der Waals surface area contributed by atoms with Crippen molar-refractivity contribution in [1.29, 1.82) is 0 Å². The summed E-state index contributed by atoms with van der Waals surface area (Å²) in [6.45, 7) is 0. The fraction of sp³-hybridized carbons (Fsp3) is 1.00. The Kier molecular flexibility index (Phi) is 1.71. The van der Waals surface area contributed by atoms with Crippen LogP contribution in [0.5, 0.6) is 0 Å². The van der Waals surface area contributed by atoms with Crippen LogP contribution in [0.3, 0.4) is 0 Å². The normalized spacial score (nSPS) is 9.00. The van der Waals surface area contributed by atoms with E-state index in [0.717, 1.165) is 0 Å². The van der Waals surface area contributed by atoms with Gasteiger partial charge in [0.25, 0.3) is 0 Å². The molecule has 0 amide bonds. The summed E-state index contributed by atoms with van der Waals surface area (Å²) in [7, 11) is 1.32. The van der Waals surface area contributed by atoms with Crippen LogP contribution in [0.15, 0.2) is 0 Å². The highest BCUT2D eigenvalue weighted by Gasteiger charge is 1.79. The third-order valence-corrected chi connectivity index (χ3v) is 0. The summed E-state index contributed by atoms with van der Waals surface area (Å²) >= 11 is 0. The Hall–Kier alpha value is 0.290. The first-order valence-corrected chi connectivity index (χ1v) is 1.44. The lowest BCUT2D eigenvalue weighted by atomic mass is 11.7. The van der Waals surface area contributed by atoms with Crippen molar-refractivity contribution in [3.63, 3.8) is 0 Å². The smallest absolute Gasteiger partial charge is 0.206 e. The Morgan fingerprint density at radius 1 is 1.50 bits per heavy atom. The first-order valence-electron chi connectivity index (χ1n) is 0.770. The second kappa shape index (κ2) is 1.59. The molecule has 0 aliphatic rings. The fourth-order valence-corrected chi connectivity index (χ4v) is 0. The summed E-state index contributed by atoms with van der Waals surface area (Å²) in [5.74, 6) is 0. The van der Waals surface area contributed by atoms with Crippen molar-refractivity contribution in [2.75, 3.05) is 0 Å². The number of halogens is 2. The van der Waals surface area contributed by atoms with Gasteiger partial charge in [-0.2, -0.15) is 0 Å². The van der Waals surface area contributed by atoms with E-state index in [1.54, 1.807) is 0 Å². The molecule has 3 heteroatoms. The highest BCUT2D eigenvalue weighted by atomic mass is 31.0. The van der Waals surface area contributed by atoms with E-state index >= 15 is 0 Å². The average Bonchev–Trinajstić information content (AvgIpc) is 0.811. The molecule has 4 heavy (non-hydrogen) atoms. The molecule has 0 aliphatic carbocycles. The Morgan fingerprint density at radius 3 is 1.50 bits per heavy atom. The molecule has 0 bridgehead atoms. The monoisotopic (exact) mass is 84.0 g/mol. The van der Waals surface area contributed by atoms with Crippen LogP contribution in [0.1, 0.15) is 0 Å². The van der Waals surface area contributed by atoms with Crippen molar-refractivity contribution in [3.8, 4) is 0 Å². The van der Waals surface area contributed by atoms with Crippen molar-refractivity contribution in [2.45, 2.75) is 6.17 Å². The molecule has 0 radical (unpaired) electrons. The van der Waals surface area contributed by atoms with Crippen molar-refractivity contribution in [1.82, 2.24) is 0 Å². The minimum atomic E-state index is -2.25. The lowest BCUT2D eigenvalue weighted by Crippen LogP contribution is -1.60. The van der Waals surface area contributed by atoms with E-state index in [0.29, 0.717) is 0 Å². The summed E-state index contributed by atoms with van der Waals surface area (Å²) in [4.78, 5) is 0. The second-order valence-electron chi connectivity index (χ2n) is 0.334. The largest absolute Gasteiger partial charge is 0.249 e. The van der Waals surface area contributed by atoms with Crippen LogP contribution in [-0.4, -0.2) is 6.17 Å². The van der Waals surface area contributed by atoms with Gasteiger partial charge in [-0.05, 0) is 0 Å². The van der Waals surface area contributed by atoms with Crippen LogP contribution < -0.4 is 0 Å². The van der Waals surface area contributed by atoms with Crippen LogP contribution in [0.25, 0.3) is 0 Å². The topological polar surface area (TPSA) is 0 Å². The molecule has 0 heterocycles. The summed E-state index contributed by atoms with van der Waals surface area (Å²) in [6.07, 6.45) is -2.25. The van der Waals surface area contributed by atoms with Crippen LogP contribution in [0, 0.1) is 0 Å². The molecule has 1 unspecified atom stereocenters. The number of rotatable bonds is 0.